The number of nitrogens with two attached hydrogens (primary N) is 1. The highest BCUT2D eigenvalue weighted by Crippen LogP contribution is 2.33. The number of anilines is 2. The highest BCUT2D eigenvalue weighted by atomic mass is 16.5. The average molecular weight is 206 g/mol. The maximum Gasteiger partial charge on any atom is 0.414 e. The highest BCUT2D eigenvalue weighted by molar-refractivity contribution is 5.91. The summed E-state index contributed by atoms with van der Waals surface area (Å²) in [5.74, 6) is 0. The van der Waals surface area contributed by atoms with Gasteiger partial charge in [0.1, 0.15) is 0 Å². The fraction of sp³-hybridized carbons (Fsp3) is 0.364. The molecule has 2 N–H and O–H groups in total. The Balaban J connectivity index is 2.41. The molecule has 15 heavy (non-hydrogen) atoms. The maximum atomic E-state index is 11.5. The van der Waals surface area contributed by atoms with Crippen molar-refractivity contribution in [3.05, 3.63) is 23.8 Å². The minimum Gasteiger partial charge on any atom is -0.452 e. The van der Waals surface area contributed by atoms with Crippen molar-refractivity contribution in [3.63, 3.8) is 0 Å². The molecule has 0 spiro atoms. The summed E-state index contributed by atoms with van der Waals surface area (Å²) in [6, 6.07) is 5.71. The summed E-state index contributed by atoms with van der Waals surface area (Å²) < 4.78 is 4.75. The Morgan fingerprint density at radius 2 is 2.33 bits per heavy atom. The van der Waals surface area contributed by atoms with Crippen molar-refractivity contribution in [2.24, 2.45) is 0 Å². The van der Waals surface area contributed by atoms with E-state index in [-0.39, 0.29) is 12.1 Å². The second-order valence-corrected chi connectivity index (χ2v) is 3.78. The number of nitrogen functional groups attached to an aromatic ring is 1. The van der Waals surface area contributed by atoms with Gasteiger partial charge in [-0.3, -0.25) is 4.90 Å². The number of fused-ring (bicyclic) bond motifs is 1. The summed E-state index contributed by atoms with van der Waals surface area (Å²) in [7, 11) is 1.39. The molecule has 1 unspecified atom stereocenters. The summed E-state index contributed by atoms with van der Waals surface area (Å²) in [6.45, 7) is 1.99. The molecule has 0 aromatic heterocycles. The fourth-order valence-corrected chi connectivity index (χ4v) is 2.03. The molecule has 1 heterocycles. The lowest BCUT2D eigenvalue weighted by atomic mass is 10.1. The van der Waals surface area contributed by atoms with Crippen LogP contribution < -0.4 is 10.6 Å². The van der Waals surface area contributed by atoms with Gasteiger partial charge < -0.3 is 10.5 Å². The van der Waals surface area contributed by atoms with E-state index in [1.807, 2.05) is 19.1 Å². The Labute approximate surface area is 88.6 Å². The van der Waals surface area contributed by atoms with E-state index in [0.29, 0.717) is 0 Å². The van der Waals surface area contributed by atoms with Crippen LogP contribution >= 0.6 is 0 Å². The summed E-state index contributed by atoms with van der Waals surface area (Å²) in [5, 5.41) is 0. The average Bonchev–Trinajstić information content (AvgIpc) is 2.52. The van der Waals surface area contributed by atoms with Crippen LogP contribution in [0.2, 0.25) is 0 Å². The van der Waals surface area contributed by atoms with Gasteiger partial charge in [0.2, 0.25) is 0 Å². The van der Waals surface area contributed by atoms with Gasteiger partial charge in [-0.25, -0.2) is 4.79 Å². The van der Waals surface area contributed by atoms with E-state index in [2.05, 4.69) is 0 Å². The molecule has 1 aliphatic heterocycles. The van der Waals surface area contributed by atoms with E-state index in [0.717, 1.165) is 23.4 Å². The van der Waals surface area contributed by atoms with Crippen LogP contribution in [-0.2, 0) is 11.2 Å². The van der Waals surface area contributed by atoms with Gasteiger partial charge in [0, 0.05) is 11.7 Å². The van der Waals surface area contributed by atoms with Gasteiger partial charge in [0.15, 0.2) is 0 Å². The van der Waals surface area contributed by atoms with Crippen LogP contribution in [0.5, 0.6) is 0 Å². The maximum absolute atomic E-state index is 11.5. The van der Waals surface area contributed by atoms with Crippen molar-refractivity contribution >= 4 is 17.5 Å². The third-order valence-corrected chi connectivity index (χ3v) is 2.69. The van der Waals surface area contributed by atoms with E-state index < -0.39 is 0 Å². The first-order chi connectivity index (χ1) is 7.13. The minimum absolute atomic E-state index is 0.134. The van der Waals surface area contributed by atoms with E-state index in [9.17, 15) is 4.79 Å². The van der Waals surface area contributed by atoms with Gasteiger partial charge in [0.25, 0.3) is 0 Å². The number of hydrogen-bond donors (Lipinski definition) is 1. The number of nitrogens with zero attached hydrogens (tertiary/aromatic N) is 1. The van der Waals surface area contributed by atoms with Crippen LogP contribution in [0.4, 0.5) is 16.2 Å². The summed E-state index contributed by atoms with van der Waals surface area (Å²) >= 11 is 0. The SMILES string of the molecule is COC(=O)N1c2ccc(N)cc2CC1C. The smallest absolute Gasteiger partial charge is 0.414 e. The van der Waals surface area contributed by atoms with E-state index >= 15 is 0 Å². The molecule has 1 atom stereocenters. The van der Waals surface area contributed by atoms with Gasteiger partial charge >= 0.3 is 6.09 Å². The molecule has 1 aliphatic rings. The van der Waals surface area contributed by atoms with Gasteiger partial charge in [-0.05, 0) is 37.1 Å². The molecule has 0 saturated heterocycles. The Morgan fingerprint density at radius 3 is 3.00 bits per heavy atom. The van der Waals surface area contributed by atoms with Crippen molar-refractivity contribution in [2.45, 2.75) is 19.4 Å². The first-order valence-electron chi connectivity index (χ1n) is 4.89. The molecule has 1 aromatic carbocycles. The summed E-state index contributed by atoms with van der Waals surface area (Å²) in [6.07, 6.45) is 0.515. The van der Waals surface area contributed by atoms with Crippen LogP contribution in [0.1, 0.15) is 12.5 Å². The lowest BCUT2D eigenvalue weighted by molar-refractivity contribution is 0.177. The second-order valence-electron chi connectivity index (χ2n) is 3.78. The van der Waals surface area contributed by atoms with Crippen LogP contribution in [0.25, 0.3) is 0 Å². The Hall–Kier alpha value is -1.71. The third kappa shape index (κ3) is 1.52. The number of methoxy groups -OCH3 is 1. The zero-order valence-electron chi connectivity index (χ0n) is 8.86. The van der Waals surface area contributed by atoms with Crippen molar-refractivity contribution in [1.82, 2.24) is 0 Å². The molecule has 0 saturated carbocycles. The van der Waals surface area contributed by atoms with Crippen LogP contribution in [0.15, 0.2) is 18.2 Å². The summed E-state index contributed by atoms with van der Waals surface area (Å²) in [5.41, 5.74) is 8.44. The van der Waals surface area contributed by atoms with Crippen molar-refractivity contribution in [2.75, 3.05) is 17.7 Å². The standard InChI is InChI=1S/C11H14N2O2/c1-7-5-8-6-9(12)3-4-10(8)13(7)11(14)15-2/h3-4,6-7H,5,12H2,1-2H3. The molecule has 1 aromatic rings. The molecule has 0 bridgehead atoms. The number of carbonyl (C=O) groups is 1. The first kappa shape index (κ1) is 9.83. The highest BCUT2D eigenvalue weighted by Gasteiger charge is 2.31. The predicted molar refractivity (Wildman–Crippen MR) is 58.9 cm³/mol. The van der Waals surface area contributed by atoms with Gasteiger partial charge in [-0.1, -0.05) is 0 Å². The third-order valence-electron chi connectivity index (χ3n) is 2.69. The molecule has 0 radical (unpaired) electrons. The van der Waals surface area contributed by atoms with Crippen molar-refractivity contribution in [3.8, 4) is 0 Å². The fourth-order valence-electron chi connectivity index (χ4n) is 2.03. The molecule has 0 fully saturated rings. The topological polar surface area (TPSA) is 55.6 Å². The van der Waals surface area contributed by atoms with E-state index in [4.69, 9.17) is 10.5 Å². The Kier molecular flexibility index (Phi) is 2.26. The van der Waals surface area contributed by atoms with Crippen molar-refractivity contribution in [1.29, 1.82) is 0 Å². The van der Waals surface area contributed by atoms with Crippen LogP contribution in [0.3, 0.4) is 0 Å². The second kappa shape index (κ2) is 3.46. The van der Waals surface area contributed by atoms with Gasteiger partial charge in [-0.15, -0.1) is 0 Å². The number of benzene rings is 1. The first-order valence-corrected chi connectivity index (χ1v) is 4.89. The van der Waals surface area contributed by atoms with Crippen molar-refractivity contribution < 1.29 is 9.53 Å². The van der Waals surface area contributed by atoms with E-state index in [1.54, 1.807) is 11.0 Å². The predicted octanol–water partition coefficient (Wildman–Crippen LogP) is 1.79. The van der Waals surface area contributed by atoms with Crippen LogP contribution in [0, 0.1) is 0 Å². The molecule has 80 valence electrons. The molecular formula is C11H14N2O2. The zero-order chi connectivity index (χ0) is 11.0. The van der Waals surface area contributed by atoms with E-state index in [1.165, 1.54) is 7.11 Å². The quantitative estimate of drug-likeness (QED) is 0.658. The number of hydrogen-bond acceptors (Lipinski definition) is 3. The lowest BCUT2D eigenvalue weighted by Crippen LogP contribution is -2.35. The number of ether oxygens (including phenoxy) is 1. The normalized spacial score (nSPS) is 18.8. The lowest BCUT2D eigenvalue weighted by Gasteiger charge is -2.20. The molecule has 0 aliphatic carbocycles. The number of carbonyl (C=O) groups excluding carboxylic acids is 1. The Bertz CT molecular complexity index is 404. The molecule has 1 amide bonds. The van der Waals surface area contributed by atoms with Gasteiger partial charge in [-0.2, -0.15) is 0 Å². The van der Waals surface area contributed by atoms with Crippen LogP contribution in [-0.4, -0.2) is 19.2 Å². The molecule has 4 nitrogen and oxygen atoms in total. The van der Waals surface area contributed by atoms with Gasteiger partial charge in [0.05, 0.1) is 12.8 Å². The largest absolute Gasteiger partial charge is 0.452 e. The monoisotopic (exact) mass is 206 g/mol. The molecule has 2 rings (SSSR count). The molecule has 4 heteroatoms. The zero-order valence-corrected chi connectivity index (χ0v) is 8.86. The number of rotatable bonds is 0. The molecular weight excluding hydrogens is 192 g/mol. The number of amides is 1. The Morgan fingerprint density at radius 1 is 1.60 bits per heavy atom. The summed E-state index contributed by atoms with van der Waals surface area (Å²) in [4.78, 5) is 13.2. The minimum atomic E-state index is -0.314.